The Balaban J connectivity index is 0.000000404. The number of aliphatic hydroxyl groups is 1. The molecule has 2 heterocycles. The van der Waals surface area contributed by atoms with Crippen LogP contribution in [0.2, 0.25) is 0 Å². The third-order valence-corrected chi connectivity index (χ3v) is 4.28. The van der Waals surface area contributed by atoms with E-state index in [1.807, 2.05) is 13.8 Å². The van der Waals surface area contributed by atoms with Gasteiger partial charge < -0.3 is 5.11 Å². The monoisotopic (exact) mass is 209 g/mol. The van der Waals surface area contributed by atoms with Crippen LogP contribution < -0.4 is 0 Å². The molecule has 0 radical (unpaired) electrons. The lowest BCUT2D eigenvalue weighted by Crippen LogP contribution is -2.46. The summed E-state index contributed by atoms with van der Waals surface area (Å²) in [6, 6.07) is 0. The molecule has 0 aromatic rings. The third-order valence-electron chi connectivity index (χ3n) is 4.28. The van der Waals surface area contributed by atoms with Crippen molar-refractivity contribution in [3.63, 3.8) is 0 Å². The van der Waals surface area contributed by atoms with Crippen LogP contribution in [0.3, 0.4) is 0 Å². The standard InChI is InChI=1S/C11H17NO.C2H6/c1-9-6-11(8-13)5-4-10(2-3-10)12(11)7-9;1-2/h13H,1-8H2;1-2H3. The summed E-state index contributed by atoms with van der Waals surface area (Å²) in [6.07, 6.45) is 6.22. The van der Waals surface area contributed by atoms with Crippen molar-refractivity contribution < 1.29 is 5.11 Å². The van der Waals surface area contributed by atoms with E-state index >= 15 is 0 Å². The lowest BCUT2D eigenvalue weighted by atomic mass is 9.94. The van der Waals surface area contributed by atoms with Crippen molar-refractivity contribution in [2.45, 2.75) is 57.0 Å². The third kappa shape index (κ3) is 1.46. The molecule has 1 unspecified atom stereocenters. The summed E-state index contributed by atoms with van der Waals surface area (Å²) >= 11 is 0. The van der Waals surface area contributed by atoms with Crippen molar-refractivity contribution in [2.24, 2.45) is 0 Å². The van der Waals surface area contributed by atoms with Crippen LogP contribution in [-0.2, 0) is 0 Å². The highest BCUT2D eigenvalue weighted by molar-refractivity contribution is 5.26. The van der Waals surface area contributed by atoms with Gasteiger partial charge in [0.1, 0.15) is 0 Å². The quantitative estimate of drug-likeness (QED) is 0.670. The first-order chi connectivity index (χ1) is 7.21. The van der Waals surface area contributed by atoms with Crippen molar-refractivity contribution in [3.05, 3.63) is 12.2 Å². The Labute approximate surface area is 93.0 Å². The molecule has 0 amide bonds. The van der Waals surface area contributed by atoms with E-state index in [0.29, 0.717) is 12.1 Å². The van der Waals surface area contributed by atoms with Crippen LogP contribution in [0.1, 0.15) is 46.0 Å². The molecule has 1 aliphatic carbocycles. The van der Waals surface area contributed by atoms with E-state index < -0.39 is 0 Å². The van der Waals surface area contributed by atoms with Gasteiger partial charge in [-0.05, 0) is 32.1 Å². The molecule has 1 N–H and O–H groups in total. The van der Waals surface area contributed by atoms with Crippen LogP contribution in [0.5, 0.6) is 0 Å². The van der Waals surface area contributed by atoms with E-state index in [-0.39, 0.29) is 5.54 Å². The van der Waals surface area contributed by atoms with E-state index in [0.717, 1.165) is 13.0 Å². The predicted octanol–water partition coefficient (Wildman–Crippen LogP) is 2.33. The summed E-state index contributed by atoms with van der Waals surface area (Å²) < 4.78 is 0. The molecule has 0 aromatic heterocycles. The van der Waals surface area contributed by atoms with Crippen molar-refractivity contribution >= 4 is 0 Å². The molecule has 0 aromatic carbocycles. The van der Waals surface area contributed by atoms with Gasteiger partial charge in [0.15, 0.2) is 0 Å². The number of hydrogen-bond donors (Lipinski definition) is 1. The largest absolute Gasteiger partial charge is 0.394 e. The Hall–Kier alpha value is -0.340. The Morgan fingerprint density at radius 1 is 1.27 bits per heavy atom. The number of fused-ring (bicyclic) bond motifs is 2. The summed E-state index contributed by atoms with van der Waals surface area (Å²) in [5.74, 6) is 0. The smallest absolute Gasteiger partial charge is 0.0618 e. The van der Waals surface area contributed by atoms with Crippen LogP contribution in [0.15, 0.2) is 12.2 Å². The molecule has 2 nitrogen and oxygen atoms in total. The van der Waals surface area contributed by atoms with E-state index in [1.165, 1.54) is 31.3 Å². The first-order valence-electron chi connectivity index (χ1n) is 6.26. The maximum Gasteiger partial charge on any atom is 0.0618 e. The fourth-order valence-electron chi connectivity index (χ4n) is 3.39. The molecule has 3 rings (SSSR count). The second-order valence-electron chi connectivity index (χ2n) is 5.12. The van der Waals surface area contributed by atoms with Crippen LogP contribution in [0.25, 0.3) is 0 Å². The Kier molecular flexibility index (Phi) is 2.68. The summed E-state index contributed by atoms with van der Waals surface area (Å²) in [5.41, 5.74) is 1.93. The first kappa shape index (κ1) is 11.2. The molecule has 1 saturated carbocycles. The van der Waals surface area contributed by atoms with Gasteiger partial charge in [-0.15, -0.1) is 0 Å². The maximum atomic E-state index is 9.52. The van der Waals surface area contributed by atoms with Crippen LogP contribution >= 0.6 is 0 Å². The molecule has 2 aliphatic heterocycles. The maximum absolute atomic E-state index is 9.52. The molecule has 2 saturated heterocycles. The second kappa shape index (κ2) is 3.60. The van der Waals surface area contributed by atoms with E-state index in [2.05, 4.69) is 11.5 Å². The van der Waals surface area contributed by atoms with E-state index in [1.54, 1.807) is 0 Å². The Morgan fingerprint density at radius 3 is 2.40 bits per heavy atom. The zero-order valence-corrected chi connectivity index (χ0v) is 10.1. The molecule has 1 atom stereocenters. The molecule has 0 bridgehead atoms. The van der Waals surface area contributed by atoms with Gasteiger partial charge in [-0.3, -0.25) is 4.90 Å². The summed E-state index contributed by atoms with van der Waals surface area (Å²) in [5, 5.41) is 9.52. The predicted molar refractivity (Wildman–Crippen MR) is 62.8 cm³/mol. The minimum atomic E-state index is 0.105. The average molecular weight is 209 g/mol. The molecule has 15 heavy (non-hydrogen) atoms. The van der Waals surface area contributed by atoms with Crippen molar-refractivity contribution in [1.82, 2.24) is 4.90 Å². The molecular formula is C13H23NO. The minimum Gasteiger partial charge on any atom is -0.394 e. The normalized spacial score (nSPS) is 36.3. The van der Waals surface area contributed by atoms with Gasteiger partial charge in [-0.25, -0.2) is 0 Å². The lowest BCUT2D eigenvalue weighted by Gasteiger charge is -2.33. The zero-order valence-electron chi connectivity index (χ0n) is 10.1. The summed E-state index contributed by atoms with van der Waals surface area (Å²) in [7, 11) is 0. The molecule has 1 spiro atoms. The van der Waals surface area contributed by atoms with Gasteiger partial charge in [0.05, 0.1) is 6.61 Å². The first-order valence-corrected chi connectivity index (χ1v) is 6.26. The van der Waals surface area contributed by atoms with Crippen molar-refractivity contribution in [2.75, 3.05) is 13.2 Å². The van der Waals surface area contributed by atoms with Crippen molar-refractivity contribution in [3.8, 4) is 0 Å². The van der Waals surface area contributed by atoms with Crippen LogP contribution in [0.4, 0.5) is 0 Å². The number of aliphatic hydroxyl groups excluding tert-OH is 1. The Bertz CT molecular complexity index is 270. The molecule has 86 valence electrons. The molecular weight excluding hydrogens is 186 g/mol. The fourth-order valence-corrected chi connectivity index (χ4v) is 3.39. The minimum absolute atomic E-state index is 0.105. The highest BCUT2D eigenvalue weighted by Gasteiger charge is 2.62. The van der Waals surface area contributed by atoms with Gasteiger partial charge in [0.2, 0.25) is 0 Å². The van der Waals surface area contributed by atoms with E-state index in [9.17, 15) is 5.11 Å². The SMILES string of the molecule is C=C1CN2C3(CC3)CCC2(CO)C1.CC. The van der Waals surface area contributed by atoms with Crippen LogP contribution in [-0.4, -0.2) is 34.2 Å². The number of rotatable bonds is 1. The highest BCUT2D eigenvalue weighted by atomic mass is 16.3. The van der Waals surface area contributed by atoms with Crippen LogP contribution in [0, 0.1) is 0 Å². The fraction of sp³-hybridized carbons (Fsp3) is 0.846. The summed E-state index contributed by atoms with van der Waals surface area (Å²) in [4.78, 5) is 2.56. The molecule has 3 aliphatic rings. The van der Waals surface area contributed by atoms with E-state index in [4.69, 9.17) is 0 Å². The number of nitrogens with zero attached hydrogens (tertiary/aromatic N) is 1. The average Bonchev–Trinajstić information content (AvgIpc) is 2.90. The summed E-state index contributed by atoms with van der Waals surface area (Å²) in [6.45, 7) is 9.44. The van der Waals surface area contributed by atoms with Gasteiger partial charge in [0, 0.05) is 17.6 Å². The zero-order chi connectivity index (χ0) is 11.1. The van der Waals surface area contributed by atoms with Crippen molar-refractivity contribution in [1.29, 1.82) is 0 Å². The van der Waals surface area contributed by atoms with Gasteiger partial charge in [0.25, 0.3) is 0 Å². The molecule has 3 fully saturated rings. The van der Waals surface area contributed by atoms with Gasteiger partial charge in [-0.2, -0.15) is 0 Å². The second-order valence-corrected chi connectivity index (χ2v) is 5.12. The molecule has 2 heteroatoms. The highest BCUT2D eigenvalue weighted by Crippen LogP contribution is 2.59. The van der Waals surface area contributed by atoms with Gasteiger partial charge in [-0.1, -0.05) is 26.0 Å². The lowest BCUT2D eigenvalue weighted by molar-refractivity contribution is 0.0707. The number of hydrogen-bond acceptors (Lipinski definition) is 2. The Morgan fingerprint density at radius 2 is 1.87 bits per heavy atom. The topological polar surface area (TPSA) is 23.5 Å². The van der Waals surface area contributed by atoms with Gasteiger partial charge >= 0.3 is 0 Å².